The highest BCUT2D eigenvalue weighted by Gasteiger charge is 2.17. The quantitative estimate of drug-likeness (QED) is 0.798. The number of rotatable bonds is 7. The lowest BCUT2D eigenvalue weighted by Gasteiger charge is -2.20. The van der Waals surface area contributed by atoms with Gasteiger partial charge in [0.05, 0.1) is 18.8 Å². The van der Waals surface area contributed by atoms with Gasteiger partial charge in [-0.05, 0) is 31.4 Å². The molecular weight excluding hydrogens is 318 g/mol. The van der Waals surface area contributed by atoms with Gasteiger partial charge in [-0.1, -0.05) is 47.0 Å². The van der Waals surface area contributed by atoms with Crippen molar-refractivity contribution in [3.63, 3.8) is 0 Å². The Labute approximate surface area is 129 Å². The number of hydrogen-bond donors (Lipinski definition) is 2. The Bertz CT molecular complexity index is 407. The van der Waals surface area contributed by atoms with Crippen LogP contribution in [0.1, 0.15) is 44.2 Å². The van der Waals surface area contributed by atoms with E-state index in [1.54, 1.807) is 0 Å². The van der Waals surface area contributed by atoms with E-state index in [1.807, 2.05) is 18.2 Å². The third-order valence-electron chi connectivity index (χ3n) is 3.86. The van der Waals surface area contributed by atoms with Crippen molar-refractivity contribution in [1.29, 1.82) is 0 Å². The third-order valence-corrected chi connectivity index (χ3v) is 4.58. The Morgan fingerprint density at radius 2 is 2.05 bits per heavy atom. The summed E-state index contributed by atoms with van der Waals surface area (Å²) in [5.41, 5.74) is 1.21. The van der Waals surface area contributed by atoms with Gasteiger partial charge in [0.15, 0.2) is 0 Å². The number of hydrogen-bond acceptors (Lipinski definition) is 3. The van der Waals surface area contributed by atoms with Crippen molar-refractivity contribution in [3.8, 4) is 0 Å². The molecule has 0 aliphatic heterocycles. The van der Waals surface area contributed by atoms with Gasteiger partial charge in [-0.25, -0.2) is 0 Å². The lowest BCUT2D eigenvalue weighted by atomic mass is 10.1. The van der Waals surface area contributed by atoms with Crippen LogP contribution in [-0.4, -0.2) is 30.5 Å². The highest BCUT2D eigenvalue weighted by Crippen LogP contribution is 2.23. The maximum absolute atomic E-state index is 9.98. The predicted octanol–water partition coefficient (Wildman–Crippen LogP) is 3.42. The van der Waals surface area contributed by atoms with Crippen molar-refractivity contribution in [2.24, 2.45) is 0 Å². The zero-order valence-corrected chi connectivity index (χ0v) is 13.6. The molecule has 1 aliphatic carbocycles. The molecule has 2 rings (SSSR count). The zero-order chi connectivity index (χ0) is 14.4. The van der Waals surface area contributed by atoms with Crippen LogP contribution in [-0.2, 0) is 4.74 Å². The van der Waals surface area contributed by atoms with Crippen LogP contribution in [0.15, 0.2) is 28.7 Å². The minimum absolute atomic E-state index is 0.201. The van der Waals surface area contributed by atoms with Gasteiger partial charge in [0.2, 0.25) is 0 Å². The summed E-state index contributed by atoms with van der Waals surface area (Å²) in [4.78, 5) is 0. The van der Waals surface area contributed by atoms with Crippen LogP contribution in [0.4, 0.5) is 0 Å². The molecule has 0 saturated heterocycles. The van der Waals surface area contributed by atoms with Crippen LogP contribution in [0.2, 0.25) is 0 Å². The van der Waals surface area contributed by atoms with Gasteiger partial charge in [0.25, 0.3) is 0 Å². The van der Waals surface area contributed by atoms with Crippen molar-refractivity contribution in [2.45, 2.75) is 50.9 Å². The summed E-state index contributed by atoms with van der Waals surface area (Å²) >= 11 is 3.55. The molecule has 0 spiro atoms. The Kier molecular flexibility index (Phi) is 6.49. The van der Waals surface area contributed by atoms with Gasteiger partial charge < -0.3 is 15.2 Å². The largest absolute Gasteiger partial charge is 0.389 e. The predicted molar refractivity (Wildman–Crippen MR) is 84.8 cm³/mol. The summed E-state index contributed by atoms with van der Waals surface area (Å²) in [6.45, 7) is 3.08. The van der Waals surface area contributed by atoms with E-state index < -0.39 is 6.10 Å². The second kappa shape index (κ2) is 8.13. The summed E-state index contributed by atoms with van der Waals surface area (Å²) in [5.74, 6) is 0. The maximum atomic E-state index is 9.98. The third kappa shape index (κ3) is 4.85. The average Bonchev–Trinajstić information content (AvgIpc) is 2.96. The molecule has 0 bridgehead atoms. The van der Waals surface area contributed by atoms with Crippen LogP contribution in [0.5, 0.6) is 0 Å². The van der Waals surface area contributed by atoms with Crippen molar-refractivity contribution in [1.82, 2.24) is 5.32 Å². The molecule has 0 amide bonds. The summed E-state index contributed by atoms with van der Waals surface area (Å²) in [6.07, 6.45) is 4.74. The van der Waals surface area contributed by atoms with E-state index in [4.69, 9.17) is 4.74 Å². The van der Waals surface area contributed by atoms with Crippen LogP contribution in [0, 0.1) is 0 Å². The number of ether oxygens (including phenoxy) is 1. The average molecular weight is 342 g/mol. The molecule has 2 N–H and O–H groups in total. The molecular formula is C16H24BrNO2. The fourth-order valence-electron chi connectivity index (χ4n) is 2.61. The van der Waals surface area contributed by atoms with Gasteiger partial charge >= 0.3 is 0 Å². The van der Waals surface area contributed by atoms with Gasteiger partial charge in [0, 0.05) is 17.1 Å². The summed E-state index contributed by atoms with van der Waals surface area (Å²) < 4.78 is 6.82. The monoisotopic (exact) mass is 341 g/mol. The molecule has 1 fully saturated rings. The summed E-state index contributed by atoms with van der Waals surface area (Å²) in [7, 11) is 0. The molecule has 20 heavy (non-hydrogen) atoms. The Morgan fingerprint density at radius 1 is 1.35 bits per heavy atom. The highest BCUT2D eigenvalue weighted by molar-refractivity contribution is 9.10. The lowest BCUT2D eigenvalue weighted by molar-refractivity contribution is -0.00610. The highest BCUT2D eigenvalue weighted by atomic mass is 79.9. The minimum atomic E-state index is -0.444. The first-order chi connectivity index (χ1) is 9.66. The molecule has 2 atom stereocenters. The Hall–Kier alpha value is -0.420. The van der Waals surface area contributed by atoms with Crippen molar-refractivity contribution >= 4 is 15.9 Å². The first kappa shape index (κ1) is 16.0. The standard InChI is InChI=1S/C16H24BrNO2/c1-12(15-8-4-5-9-16(15)17)18-10-13(19)11-20-14-6-2-3-7-14/h4-5,8-9,12-14,18-19H,2-3,6-7,10-11H2,1H3/t12-,13?/m0/s1. The minimum Gasteiger partial charge on any atom is -0.389 e. The van der Waals surface area contributed by atoms with E-state index in [-0.39, 0.29) is 6.04 Å². The molecule has 3 nitrogen and oxygen atoms in total. The Balaban J connectivity index is 1.69. The topological polar surface area (TPSA) is 41.5 Å². The number of benzene rings is 1. The SMILES string of the molecule is C[C@H](NCC(O)COC1CCCC1)c1ccccc1Br. The van der Waals surface area contributed by atoms with E-state index >= 15 is 0 Å². The molecule has 4 heteroatoms. The van der Waals surface area contributed by atoms with E-state index in [0.717, 1.165) is 17.3 Å². The number of nitrogens with one attached hydrogen (secondary N) is 1. The normalized spacial score (nSPS) is 19.1. The van der Waals surface area contributed by atoms with Crippen LogP contribution in [0.25, 0.3) is 0 Å². The van der Waals surface area contributed by atoms with E-state index in [9.17, 15) is 5.11 Å². The van der Waals surface area contributed by atoms with E-state index in [1.165, 1.54) is 18.4 Å². The second-order valence-corrected chi connectivity index (χ2v) is 6.40. The zero-order valence-electron chi connectivity index (χ0n) is 12.0. The Morgan fingerprint density at radius 3 is 2.75 bits per heavy atom. The molecule has 1 saturated carbocycles. The molecule has 1 aliphatic rings. The summed E-state index contributed by atoms with van der Waals surface area (Å²) in [6, 6.07) is 8.35. The van der Waals surface area contributed by atoms with Gasteiger partial charge in [-0.3, -0.25) is 0 Å². The van der Waals surface area contributed by atoms with Gasteiger partial charge in [-0.15, -0.1) is 0 Å². The van der Waals surface area contributed by atoms with Gasteiger partial charge in [0.1, 0.15) is 0 Å². The molecule has 1 unspecified atom stereocenters. The van der Waals surface area contributed by atoms with Crippen LogP contribution >= 0.6 is 15.9 Å². The van der Waals surface area contributed by atoms with Crippen LogP contribution < -0.4 is 5.32 Å². The first-order valence-corrected chi connectivity index (χ1v) is 8.23. The van der Waals surface area contributed by atoms with Crippen molar-refractivity contribution in [2.75, 3.05) is 13.2 Å². The molecule has 0 radical (unpaired) electrons. The molecule has 1 aromatic carbocycles. The maximum Gasteiger partial charge on any atom is 0.0898 e. The number of aliphatic hydroxyl groups is 1. The smallest absolute Gasteiger partial charge is 0.0898 e. The second-order valence-electron chi connectivity index (χ2n) is 5.55. The lowest BCUT2D eigenvalue weighted by Crippen LogP contribution is -2.33. The van der Waals surface area contributed by atoms with Gasteiger partial charge in [-0.2, -0.15) is 0 Å². The molecule has 0 aromatic heterocycles. The fraction of sp³-hybridized carbons (Fsp3) is 0.625. The molecule has 112 valence electrons. The summed E-state index contributed by atoms with van der Waals surface area (Å²) in [5, 5.41) is 13.3. The van der Waals surface area contributed by atoms with Crippen LogP contribution in [0.3, 0.4) is 0 Å². The number of halogens is 1. The van der Waals surface area contributed by atoms with E-state index in [0.29, 0.717) is 19.3 Å². The van der Waals surface area contributed by atoms with Crippen molar-refractivity contribution < 1.29 is 9.84 Å². The molecule has 1 aromatic rings. The number of aliphatic hydroxyl groups excluding tert-OH is 1. The van der Waals surface area contributed by atoms with E-state index in [2.05, 4.69) is 34.2 Å². The first-order valence-electron chi connectivity index (χ1n) is 7.44. The van der Waals surface area contributed by atoms with Crippen molar-refractivity contribution in [3.05, 3.63) is 34.3 Å². The fourth-order valence-corrected chi connectivity index (χ4v) is 3.24. The molecule has 0 heterocycles.